The molecule has 0 radical (unpaired) electrons. The van der Waals surface area contributed by atoms with Crippen molar-refractivity contribution in [3.63, 3.8) is 0 Å². The van der Waals surface area contributed by atoms with E-state index in [4.69, 9.17) is 5.11 Å². The van der Waals surface area contributed by atoms with Gasteiger partial charge in [0.25, 0.3) is 0 Å². The zero-order chi connectivity index (χ0) is 29.5. The Kier molecular flexibility index (Phi) is 9.79. The molecule has 0 aromatic heterocycles. The van der Waals surface area contributed by atoms with Crippen molar-refractivity contribution in [2.45, 2.75) is 70.6 Å². The number of hydrogen-bond donors (Lipinski definition) is 1. The van der Waals surface area contributed by atoms with Crippen LogP contribution in [0.4, 0.5) is 4.39 Å². The second kappa shape index (κ2) is 13.9. The Hall–Kier alpha value is -3.85. The Labute approximate surface area is 251 Å². The molecule has 42 heavy (non-hydrogen) atoms. The number of benzene rings is 3. The highest BCUT2D eigenvalue weighted by Crippen LogP contribution is 2.38. The van der Waals surface area contributed by atoms with Crippen molar-refractivity contribution < 1.29 is 9.50 Å². The lowest BCUT2D eigenvalue weighted by atomic mass is 9.79. The van der Waals surface area contributed by atoms with Gasteiger partial charge in [-0.1, -0.05) is 106 Å². The van der Waals surface area contributed by atoms with Crippen molar-refractivity contribution in [1.29, 1.82) is 0 Å². The molecule has 3 aromatic rings. The van der Waals surface area contributed by atoms with Crippen molar-refractivity contribution in [3.8, 4) is 0 Å². The quantitative estimate of drug-likeness (QED) is 0.263. The largest absolute Gasteiger partial charge is 0.512 e. The van der Waals surface area contributed by atoms with Gasteiger partial charge < -0.3 is 10.0 Å². The molecule has 2 fully saturated rings. The molecule has 3 aromatic carbocycles. The van der Waals surface area contributed by atoms with Crippen LogP contribution >= 0.6 is 0 Å². The molecule has 1 aliphatic heterocycles. The number of halogens is 1. The van der Waals surface area contributed by atoms with E-state index in [1.54, 1.807) is 6.07 Å². The highest BCUT2D eigenvalue weighted by Gasteiger charge is 2.22. The number of aliphatic hydroxyl groups is 1. The molecule has 6 rings (SSSR count). The van der Waals surface area contributed by atoms with Gasteiger partial charge in [-0.25, -0.2) is 4.39 Å². The maximum atomic E-state index is 14.5. The molecule has 1 heterocycles. The molecule has 0 bridgehead atoms. The molecule has 0 spiro atoms. The minimum Gasteiger partial charge on any atom is -0.512 e. The van der Waals surface area contributed by atoms with Gasteiger partial charge in [0.05, 0.1) is 5.76 Å². The summed E-state index contributed by atoms with van der Waals surface area (Å²) < 4.78 is 14.5. The van der Waals surface area contributed by atoms with E-state index in [-0.39, 0.29) is 11.7 Å². The number of hydrogen-bond acceptors (Lipinski definition) is 2. The predicted octanol–water partition coefficient (Wildman–Crippen LogP) is 10.4. The van der Waals surface area contributed by atoms with E-state index < -0.39 is 0 Å². The van der Waals surface area contributed by atoms with Gasteiger partial charge in [-0.05, 0) is 90.0 Å². The molecule has 218 valence electrons. The van der Waals surface area contributed by atoms with Crippen LogP contribution < -0.4 is 0 Å². The third kappa shape index (κ3) is 7.50. The maximum Gasteiger partial charge on any atom is 0.126 e. The van der Waals surface area contributed by atoms with E-state index >= 15 is 0 Å². The number of aliphatic hydroxyl groups excluding tert-OH is 1. The molecule has 0 saturated heterocycles. The van der Waals surface area contributed by atoms with Crippen LogP contribution in [0.25, 0.3) is 0 Å². The summed E-state index contributed by atoms with van der Waals surface area (Å²) in [5.41, 5.74) is 8.18. The first-order chi connectivity index (χ1) is 20.4. The Morgan fingerprint density at radius 3 is 2.10 bits per heavy atom. The van der Waals surface area contributed by atoms with Crippen LogP contribution in [0.2, 0.25) is 0 Å². The minimum atomic E-state index is -0.0788. The highest BCUT2D eigenvalue weighted by atomic mass is 19.1. The standard InChI is InChI=1S/C32H32FN.C7H12O/c1-24-17-18-30(32(26-10-4-2-5-11-26)27-12-6-3-7-13-27)23-34(24)21-9-16-29-22-28(19-20-31(29)33)25-14-8-15-25;1-5(2)7(8)6-3-4-6/h2-7,10-13,17-20,22-23,25,32H,1,8-9,14-16,21H2;5,8H,3-4H2,1-2H3. The molecule has 0 unspecified atom stereocenters. The number of aryl methyl sites for hydroxylation is 1. The smallest absolute Gasteiger partial charge is 0.126 e. The lowest BCUT2D eigenvalue weighted by Crippen LogP contribution is -2.21. The van der Waals surface area contributed by atoms with Crippen LogP contribution in [0.15, 0.2) is 126 Å². The summed E-state index contributed by atoms with van der Waals surface area (Å²) in [7, 11) is 0. The molecule has 2 nitrogen and oxygen atoms in total. The van der Waals surface area contributed by atoms with E-state index in [0.717, 1.165) is 43.5 Å². The fourth-order valence-electron chi connectivity index (χ4n) is 5.79. The van der Waals surface area contributed by atoms with Gasteiger partial charge in [0.2, 0.25) is 0 Å². The molecular weight excluding hydrogens is 517 g/mol. The zero-order valence-electron chi connectivity index (χ0n) is 25.1. The SMILES string of the molecule is C=C1C=CC(C(c2ccccc2)c2ccccc2)=CN1CCCc1cc(C2CCC2)ccc1F.CC(C)C(O)=C1CC1. The molecule has 1 N–H and O–H groups in total. The van der Waals surface area contributed by atoms with Crippen molar-refractivity contribution in [3.05, 3.63) is 154 Å². The van der Waals surface area contributed by atoms with Crippen LogP contribution in [-0.2, 0) is 6.42 Å². The molecule has 2 aliphatic carbocycles. The summed E-state index contributed by atoms with van der Waals surface area (Å²) in [4.78, 5) is 2.22. The second-order valence-corrected chi connectivity index (χ2v) is 12.1. The molecule has 3 heteroatoms. The summed E-state index contributed by atoms with van der Waals surface area (Å²) in [5.74, 6) is 1.68. The monoisotopic (exact) mass is 561 g/mol. The first kappa shape index (κ1) is 29.6. The Morgan fingerprint density at radius 1 is 0.929 bits per heavy atom. The highest BCUT2D eigenvalue weighted by molar-refractivity contribution is 5.47. The Morgan fingerprint density at radius 2 is 1.57 bits per heavy atom. The van der Waals surface area contributed by atoms with Crippen LogP contribution in [0.3, 0.4) is 0 Å². The van der Waals surface area contributed by atoms with E-state index in [1.807, 2.05) is 19.9 Å². The average Bonchev–Trinajstić information content (AvgIpc) is 3.82. The van der Waals surface area contributed by atoms with E-state index in [0.29, 0.717) is 17.6 Å². The predicted molar refractivity (Wildman–Crippen MR) is 173 cm³/mol. The van der Waals surface area contributed by atoms with Crippen molar-refractivity contribution in [2.24, 2.45) is 5.92 Å². The molecule has 3 aliphatic rings. The van der Waals surface area contributed by atoms with E-state index in [9.17, 15) is 4.39 Å². The Bertz CT molecular complexity index is 1400. The molecular formula is C39H44FNO. The second-order valence-electron chi connectivity index (χ2n) is 12.1. The lowest BCUT2D eigenvalue weighted by Gasteiger charge is -2.29. The van der Waals surface area contributed by atoms with Gasteiger partial charge in [-0.3, -0.25) is 0 Å². The fourth-order valence-corrected chi connectivity index (χ4v) is 5.79. The van der Waals surface area contributed by atoms with Crippen LogP contribution in [0.5, 0.6) is 0 Å². The van der Waals surface area contributed by atoms with E-state index in [2.05, 4.69) is 96.6 Å². The lowest BCUT2D eigenvalue weighted by molar-refractivity contribution is 0.349. The van der Waals surface area contributed by atoms with Gasteiger partial charge >= 0.3 is 0 Å². The van der Waals surface area contributed by atoms with Crippen LogP contribution in [0.1, 0.15) is 86.5 Å². The van der Waals surface area contributed by atoms with Crippen LogP contribution in [-0.4, -0.2) is 16.6 Å². The van der Waals surface area contributed by atoms with Gasteiger partial charge in [0.15, 0.2) is 0 Å². The van der Waals surface area contributed by atoms with E-state index in [1.165, 1.54) is 47.1 Å². The molecule has 0 amide bonds. The maximum absolute atomic E-state index is 14.5. The third-order valence-corrected chi connectivity index (χ3v) is 8.64. The van der Waals surface area contributed by atoms with Gasteiger partial charge in [0.1, 0.15) is 5.82 Å². The first-order valence-corrected chi connectivity index (χ1v) is 15.5. The van der Waals surface area contributed by atoms with Gasteiger partial charge in [0, 0.05) is 30.3 Å². The summed E-state index contributed by atoms with van der Waals surface area (Å²) in [6.07, 6.45) is 14.2. The summed E-state index contributed by atoms with van der Waals surface area (Å²) >= 11 is 0. The van der Waals surface area contributed by atoms with Gasteiger partial charge in [-0.15, -0.1) is 0 Å². The number of allylic oxidation sites excluding steroid dienone is 5. The fraction of sp³-hybridized carbons (Fsp3) is 0.333. The topological polar surface area (TPSA) is 23.5 Å². The average molecular weight is 562 g/mol. The van der Waals surface area contributed by atoms with Crippen molar-refractivity contribution >= 4 is 0 Å². The van der Waals surface area contributed by atoms with Gasteiger partial charge in [-0.2, -0.15) is 0 Å². The summed E-state index contributed by atoms with van der Waals surface area (Å²) in [6.45, 7) is 9.10. The summed E-state index contributed by atoms with van der Waals surface area (Å²) in [6, 6.07) is 27.0. The zero-order valence-corrected chi connectivity index (χ0v) is 25.1. The summed E-state index contributed by atoms with van der Waals surface area (Å²) in [5, 5.41) is 9.15. The molecule has 2 saturated carbocycles. The normalized spacial score (nSPS) is 16.2. The first-order valence-electron chi connectivity index (χ1n) is 15.5. The van der Waals surface area contributed by atoms with Crippen LogP contribution in [0, 0.1) is 11.7 Å². The number of rotatable bonds is 9. The minimum absolute atomic E-state index is 0.0788. The Balaban J connectivity index is 0.000000382. The number of nitrogens with zero attached hydrogens (tertiary/aromatic N) is 1. The third-order valence-electron chi connectivity index (χ3n) is 8.64. The van der Waals surface area contributed by atoms with Crippen molar-refractivity contribution in [2.75, 3.05) is 6.54 Å². The molecule has 0 atom stereocenters. The van der Waals surface area contributed by atoms with Crippen molar-refractivity contribution in [1.82, 2.24) is 4.90 Å².